The van der Waals surface area contributed by atoms with Crippen molar-refractivity contribution in [3.8, 4) is 0 Å². The number of fused-ring (bicyclic) bond motifs is 5. The summed E-state index contributed by atoms with van der Waals surface area (Å²) in [5, 5.41) is 0. The van der Waals surface area contributed by atoms with Gasteiger partial charge in [0.15, 0.2) is 0 Å². The largest absolute Gasteiger partial charge is 0.377 e. The van der Waals surface area contributed by atoms with Gasteiger partial charge in [-0.3, -0.25) is 0 Å². The number of allylic oxidation sites excluding steroid dienone is 2. The van der Waals surface area contributed by atoms with Gasteiger partial charge < -0.3 is 4.74 Å². The van der Waals surface area contributed by atoms with Crippen molar-refractivity contribution in [3.63, 3.8) is 0 Å². The molecular formula is C30H48O. The van der Waals surface area contributed by atoms with E-state index in [1.54, 1.807) is 0 Å². The molecule has 0 N–H and O–H groups in total. The zero-order chi connectivity index (χ0) is 22.1. The Hall–Kier alpha value is -0.300. The van der Waals surface area contributed by atoms with E-state index in [9.17, 15) is 0 Å². The lowest BCUT2D eigenvalue weighted by Crippen LogP contribution is -2.66. The molecule has 0 aromatic carbocycles. The lowest BCUT2D eigenvalue weighted by molar-refractivity contribution is -0.233. The van der Waals surface area contributed by atoms with E-state index in [1.165, 1.54) is 57.8 Å². The van der Waals surface area contributed by atoms with Crippen molar-refractivity contribution in [3.05, 3.63) is 12.2 Å². The van der Waals surface area contributed by atoms with Gasteiger partial charge in [-0.25, -0.2) is 0 Å². The summed E-state index contributed by atoms with van der Waals surface area (Å²) in [4.78, 5) is 0. The van der Waals surface area contributed by atoms with Crippen LogP contribution in [0.3, 0.4) is 0 Å². The van der Waals surface area contributed by atoms with Crippen LogP contribution in [0.4, 0.5) is 0 Å². The van der Waals surface area contributed by atoms with E-state index in [2.05, 4.69) is 60.6 Å². The first-order valence-electron chi connectivity index (χ1n) is 13.7. The van der Waals surface area contributed by atoms with Crippen molar-refractivity contribution in [2.45, 2.75) is 112 Å². The maximum atomic E-state index is 6.72. The first kappa shape index (κ1) is 21.2. The van der Waals surface area contributed by atoms with Crippen LogP contribution in [0.5, 0.6) is 0 Å². The number of ether oxygens (including phenoxy) is 1. The van der Waals surface area contributed by atoms with Gasteiger partial charge in [-0.1, -0.05) is 60.6 Å². The predicted molar refractivity (Wildman–Crippen MR) is 129 cm³/mol. The van der Waals surface area contributed by atoms with Gasteiger partial charge in [-0.15, -0.1) is 0 Å². The van der Waals surface area contributed by atoms with Gasteiger partial charge in [0.05, 0.1) is 12.7 Å². The minimum Gasteiger partial charge on any atom is -0.377 e. The van der Waals surface area contributed by atoms with Gasteiger partial charge in [-0.2, -0.15) is 0 Å². The predicted octanol–water partition coefficient (Wildman–Crippen LogP) is 8.04. The first-order chi connectivity index (χ1) is 14.4. The third-order valence-electron chi connectivity index (χ3n) is 13.4. The molecule has 31 heavy (non-hydrogen) atoms. The highest BCUT2D eigenvalue weighted by molar-refractivity contribution is 5.22. The van der Waals surface area contributed by atoms with Crippen LogP contribution in [0.2, 0.25) is 0 Å². The molecule has 1 nitrogen and oxygen atoms in total. The quantitative estimate of drug-likeness (QED) is 0.357. The molecule has 2 bridgehead atoms. The van der Waals surface area contributed by atoms with Crippen molar-refractivity contribution in [1.29, 1.82) is 0 Å². The molecule has 1 aliphatic heterocycles. The molecule has 1 heterocycles. The molecule has 0 amide bonds. The SMILES string of the molecule is CC1(C)C=CC[C@@]2(C)[C@H]1CC[C@]1(C)[C@H]2CC[C@@H]2[C@@H]3[C@@H]4OC[C@]3(CCC4(C)C)CC[C@@]21C. The average molecular weight is 425 g/mol. The number of rotatable bonds is 0. The molecule has 0 aromatic heterocycles. The zero-order valence-electron chi connectivity index (χ0n) is 21.5. The number of hydrogen-bond donors (Lipinski definition) is 0. The monoisotopic (exact) mass is 424 g/mol. The maximum Gasteiger partial charge on any atom is 0.0663 e. The van der Waals surface area contributed by atoms with Crippen molar-refractivity contribution < 1.29 is 4.74 Å². The fraction of sp³-hybridized carbons (Fsp3) is 0.933. The van der Waals surface area contributed by atoms with Crippen LogP contribution >= 0.6 is 0 Å². The molecule has 5 aliphatic carbocycles. The van der Waals surface area contributed by atoms with Crippen LogP contribution in [0.15, 0.2) is 12.2 Å². The molecule has 5 fully saturated rings. The highest BCUT2D eigenvalue weighted by Crippen LogP contribution is 2.77. The fourth-order valence-electron chi connectivity index (χ4n) is 11.6. The summed E-state index contributed by atoms with van der Waals surface area (Å²) in [5.74, 6) is 3.43. The Balaban J connectivity index is 1.41. The molecule has 9 atom stereocenters. The van der Waals surface area contributed by atoms with E-state index in [0.717, 1.165) is 30.3 Å². The van der Waals surface area contributed by atoms with E-state index in [1.807, 2.05) is 0 Å². The lowest BCUT2D eigenvalue weighted by Gasteiger charge is -2.72. The highest BCUT2D eigenvalue weighted by atomic mass is 16.5. The maximum absolute atomic E-state index is 6.72. The van der Waals surface area contributed by atoms with Gasteiger partial charge in [0.2, 0.25) is 0 Å². The molecule has 0 aromatic rings. The summed E-state index contributed by atoms with van der Waals surface area (Å²) < 4.78 is 6.72. The lowest BCUT2D eigenvalue weighted by atomic mass is 9.32. The minimum absolute atomic E-state index is 0.364. The number of hydrogen-bond acceptors (Lipinski definition) is 1. The summed E-state index contributed by atoms with van der Waals surface area (Å²) in [6.07, 6.45) is 18.4. The Labute approximate surface area is 192 Å². The molecule has 1 heteroatoms. The molecule has 0 unspecified atom stereocenters. The van der Waals surface area contributed by atoms with Crippen LogP contribution in [-0.2, 0) is 4.74 Å². The minimum atomic E-state index is 0.364. The summed E-state index contributed by atoms with van der Waals surface area (Å²) >= 11 is 0. The molecule has 0 spiro atoms. The molecular weight excluding hydrogens is 376 g/mol. The van der Waals surface area contributed by atoms with Crippen molar-refractivity contribution in [2.75, 3.05) is 6.61 Å². The van der Waals surface area contributed by atoms with Gasteiger partial charge in [0.1, 0.15) is 0 Å². The molecule has 6 aliphatic rings. The Bertz CT molecular complexity index is 807. The van der Waals surface area contributed by atoms with E-state index in [0.29, 0.717) is 38.6 Å². The van der Waals surface area contributed by atoms with Crippen LogP contribution < -0.4 is 0 Å². The van der Waals surface area contributed by atoms with Gasteiger partial charge in [0, 0.05) is 0 Å². The third-order valence-corrected chi connectivity index (χ3v) is 13.4. The van der Waals surface area contributed by atoms with E-state index in [4.69, 9.17) is 4.74 Å². The third kappa shape index (κ3) is 2.39. The Morgan fingerprint density at radius 1 is 0.742 bits per heavy atom. The Morgan fingerprint density at radius 2 is 1.48 bits per heavy atom. The summed E-state index contributed by atoms with van der Waals surface area (Å²) in [5.41, 5.74) is 2.71. The average Bonchev–Trinajstić information content (AvgIpc) is 3.01. The Morgan fingerprint density at radius 3 is 2.26 bits per heavy atom. The van der Waals surface area contributed by atoms with E-state index >= 15 is 0 Å². The second kappa shape index (κ2) is 6.03. The zero-order valence-corrected chi connectivity index (χ0v) is 21.5. The summed E-state index contributed by atoms with van der Waals surface area (Å²) in [6.45, 7) is 19.4. The molecule has 0 radical (unpaired) electrons. The molecule has 6 rings (SSSR count). The topological polar surface area (TPSA) is 9.23 Å². The van der Waals surface area contributed by atoms with Gasteiger partial charge in [0.25, 0.3) is 0 Å². The Kier molecular flexibility index (Phi) is 4.13. The van der Waals surface area contributed by atoms with Gasteiger partial charge >= 0.3 is 0 Å². The second-order valence-corrected chi connectivity index (χ2v) is 15.2. The van der Waals surface area contributed by atoms with E-state index < -0.39 is 0 Å². The standard InChI is InChI=1S/C30H48O/c1-25(2)12-8-13-27(5)21(25)11-14-29(7)22(27)10-9-20-23-24-26(3,4)15-17-30(23,19-31-24)18-16-28(20,29)6/h8,12,20-24H,9-11,13-19H2,1-7H3/t20-,21+,22+,23-,24+,27+,28+,29-,30+/m1/s1. The summed E-state index contributed by atoms with van der Waals surface area (Å²) in [6, 6.07) is 0. The highest BCUT2D eigenvalue weighted by Gasteiger charge is 2.72. The van der Waals surface area contributed by atoms with Crippen LogP contribution in [0.25, 0.3) is 0 Å². The van der Waals surface area contributed by atoms with E-state index in [-0.39, 0.29) is 0 Å². The van der Waals surface area contributed by atoms with Crippen LogP contribution in [0, 0.1) is 56.2 Å². The van der Waals surface area contributed by atoms with Crippen molar-refractivity contribution in [2.24, 2.45) is 56.2 Å². The smallest absolute Gasteiger partial charge is 0.0663 e. The molecule has 1 saturated heterocycles. The van der Waals surface area contributed by atoms with Crippen LogP contribution in [-0.4, -0.2) is 12.7 Å². The summed E-state index contributed by atoms with van der Waals surface area (Å²) in [7, 11) is 0. The normalized spacial score (nSPS) is 58.6. The first-order valence-corrected chi connectivity index (χ1v) is 13.7. The fourth-order valence-corrected chi connectivity index (χ4v) is 11.6. The molecule has 174 valence electrons. The van der Waals surface area contributed by atoms with Crippen molar-refractivity contribution >= 4 is 0 Å². The molecule has 4 saturated carbocycles. The van der Waals surface area contributed by atoms with Crippen molar-refractivity contribution in [1.82, 2.24) is 0 Å². The van der Waals surface area contributed by atoms with Gasteiger partial charge in [-0.05, 0) is 114 Å². The van der Waals surface area contributed by atoms with Crippen LogP contribution in [0.1, 0.15) is 106 Å². The second-order valence-electron chi connectivity index (χ2n) is 15.2.